The third kappa shape index (κ3) is 3.09. The van der Waals surface area contributed by atoms with Gasteiger partial charge in [0.05, 0.1) is 10.7 Å². The monoisotopic (exact) mass is 217 g/mol. The van der Waals surface area contributed by atoms with Gasteiger partial charge in [-0.25, -0.2) is 0 Å². The van der Waals surface area contributed by atoms with Crippen molar-refractivity contribution in [1.29, 1.82) is 0 Å². The van der Waals surface area contributed by atoms with Crippen molar-refractivity contribution in [3.8, 4) is 0 Å². The molecule has 0 radical (unpaired) electrons. The lowest BCUT2D eigenvalue weighted by atomic mass is 10.2. The molecule has 0 aromatic heterocycles. The summed E-state index contributed by atoms with van der Waals surface area (Å²) < 4.78 is 0. The Bertz CT molecular complexity index is 286. The fraction of sp³-hybridized carbons (Fsp3) is 0.400. The van der Waals surface area contributed by atoms with Gasteiger partial charge in [-0.2, -0.15) is 0 Å². The summed E-state index contributed by atoms with van der Waals surface area (Å²) in [6.45, 7) is 4.24. The number of anilines is 1. The Morgan fingerprint density at radius 2 is 2.08 bits per heavy atom. The van der Waals surface area contributed by atoms with E-state index in [4.69, 9.17) is 23.2 Å². The molecule has 0 fully saturated rings. The first-order valence-corrected chi connectivity index (χ1v) is 5.10. The number of hydrogen-bond acceptors (Lipinski definition) is 1. The fourth-order valence-corrected chi connectivity index (χ4v) is 1.44. The van der Waals surface area contributed by atoms with Crippen LogP contribution in [-0.4, -0.2) is 6.04 Å². The lowest BCUT2D eigenvalue weighted by molar-refractivity contribution is 0.764. The van der Waals surface area contributed by atoms with Gasteiger partial charge in [0.15, 0.2) is 0 Å². The van der Waals surface area contributed by atoms with Gasteiger partial charge < -0.3 is 5.32 Å². The summed E-state index contributed by atoms with van der Waals surface area (Å²) in [6, 6.07) is 5.90. The summed E-state index contributed by atoms with van der Waals surface area (Å²) in [5.74, 6) is 0. The second-order valence-corrected chi connectivity index (χ2v) is 3.92. The second-order valence-electron chi connectivity index (χ2n) is 3.08. The van der Waals surface area contributed by atoms with Crippen molar-refractivity contribution in [2.45, 2.75) is 26.3 Å². The normalized spacial score (nSPS) is 12.6. The van der Waals surface area contributed by atoms with Crippen LogP contribution in [0.4, 0.5) is 5.69 Å². The third-order valence-corrected chi connectivity index (χ3v) is 2.49. The van der Waals surface area contributed by atoms with Crippen molar-refractivity contribution >= 4 is 28.9 Å². The van der Waals surface area contributed by atoms with Crippen LogP contribution in [0.25, 0.3) is 0 Å². The van der Waals surface area contributed by atoms with E-state index in [1.165, 1.54) is 0 Å². The maximum absolute atomic E-state index is 5.98. The van der Waals surface area contributed by atoms with E-state index in [1.54, 1.807) is 6.07 Å². The van der Waals surface area contributed by atoms with E-state index in [9.17, 15) is 0 Å². The molecular formula is C10H13Cl2N. The molecule has 0 aliphatic rings. The highest BCUT2D eigenvalue weighted by Crippen LogP contribution is 2.25. The van der Waals surface area contributed by atoms with E-state index < -0.39 is 0 Å². The van der Waals surface area contributed by atoms with E-state index >= 15 is 0 Å². The van der Waals surface area contributed by atoms with E-state index in [0.717, 1.165) is 12.1 Å². The van der Waals surface area contributed by atoms with Gasteiger partial charge >= 0.3 is 0 Å². The van der Waals surface area contributed by atoms with Crippen molar-refractivity contribution in [1.82, 2.24) is 0 Å². The first-order chi connectivity index (χ1) is 6.13. The Hall–Kier alpha value is -0.400. The summed E-state index contributed by atoms with van der Waals surface area (Å²) in [5.41, 5.74) is 0.945. The topological polar surface area (TPSA) is 12.0 Å². The van der Waals surface area contributed by atoms with Crippen LogP contribution in [0.15, 0.2) is 18.2 Å². The van der Waals surface area contributed by atoms with Gasteiger partial charge in [0.1, 0.15) is 0 Å². The van der Waals surface area contributed by atoms with E-state index in [-0.39, 0.29) is 0 Å². The van der Waals surface area contributed by atoms with E-state index in [1.807, 2.05) is 12.1 Å². The molecule has 1 rings (SSSR count). The summed E-state index contributed by atoms with van der Waals surface area (Å²) in [6.07, 6.45) is 1.07. The van der Waals surface area contributed by atoms with E-state index in [0.29, 0.717) is 16.1 Å². The zero-order valence-corrected chi connectivity index (χ0v) is 9.28. The SMILES string of the molecule is CCC(C)Nc1ccc(Cl)cc1Cl. The van der Waals surface area contributed by atoms with Gasteiger partial charge in [0.25, 0.3) is 0 Å². The highest BCUT2D eigenvalue weighted by molar-refractivity contribution is 6.36. The average Bonchev–Trinajstić information content (AvgIpc) is 2.09. The molecule has 0 bridgehead atoms. The minimum Gasteiger partial charge on any atom is -0.381 e. The quantitative estimate of drug-likeness (QED) is 0.801. The third-order valence-electron chi connectivity index (χ3n) is 1.95. The molecule has 0 heterocycles. The van der Waals surface area contributed by atoms with Crippen molar-refractivity contribution in [3.05, 3.63) is 28.2 Å². The Balaban J connectivity index is 2.77. The molecule has 1 aromatic carbocycles. The molecule has 1 aromatic rings. The molecule has 1 atom stereocenters. The molecule has 1 N–H and O–H groups in total. The molecule has 0 spiro atoms. The van der Waals surface area contributed by atoms with Crippen LogP contribution < -0.4 is 5.32 Å². The van der Waals surface area contributed by atoms with Crippen LogP contribution in [0.3, 0.4) is 0 Å². The van der Waals surface area contributed by atoms with Crippen molar-refractivity contribution in [2.75, 3.05) is 5.32 Å². The Morgan fingerprint density at radius 1 is 1.38 bits per heavy atom. The van der Waals surface area contributed by atoms with E-state index in [2.05, 4.69) is 19.2 Å². The van der Waals surface area contributed by atoms with Crippen LogP contribution in [0, 0.1) is 0 Å². The van der Waals surface area contributed by atoms with Gasteiger partial charge in [-0.1, -0.05) is 30.1 Å². The minimum absolute atomic E-state index is 0.429. The van der Waals surface area contributed by atoms with Gasteiger partial charge in [-0.3, -0.25) is 0 Å². The number of hydrogen-bond donors (Lipinski definition) is 1. The molecule has 0 aliphatic carbocycles. The number of benzene rings is 1. The van der Waals surface area contributed by atoms with Crippen molar-refractivity contribution in [3.63, 3.8) is 0 Å². The van der Waals surface area contributed by atoms with Crippen molar-refractivity contribution in [2.24, 2.45) is 0 Å². The van der Waals surface area contributed by atoms with Crippen LogP contribution in [0.1, 0.15) is 20.3 Å². The van der Waals surface area contributed by atoms with Gasteiger partial charge in [-0.05, 0) is 31.5 Å². The highest BCUT2D eigenvalue weighted by atomic mass is 35.5. The number of nitrogens with one attached hydrogen (secondary N) is 1. The molecule has 3 heteroatoms. The summed E-state index contributed by atoms with van der Waals surface area (Å²) in [4.78, 5) is 0. The largest absolute Gasteiger partial charge is 0.381 e. The van der Waals surface area contributed by atoms with Gasteiger partial charge in [-0.15, -0.1) is 0 Å². The lowest BCUT2D eigenvalue weighted by Crippen LogP contribution is -2.13. The maximum Gasteiger partial charge on any atom is 0.0652 e. The molecule has 72 valence electrons. The molecular weight excluding hydrogens is 205 g/mol. The van der Waals surface area contributed by atoms with Crippen LogP contribution in [0.5, 0.6) is 0 Å². The van der Waals surface area contributed by atoms with Crippen LogP contribution >= 0.6 is 23.2 Å². The number of rotatable bonds is 3. The first kappa shape index (κ1) is 10.7. The Kier molecular flexibility index (Phi) is 3.89. The fourth-order valence-electron chi connectivity index (χ4n) is 0.974. The molecule has 0 amide bonds. The standard InChI is InChI=1S/C10H13Cl2N/c1-3-7(2)13-10-5-4-8(11)6-9(10)12/h4-7,13H,3H2,1-2H3. The maximum atomic E-state index is 5.98. The summed E-state index contributed by atoms with van der Waals surface area (Å²) in [7, 11) is 0. The number of halogens is 2. The summed E-state index contributed by atoms with van der Waals surface area (Å²) in [5, 5.41) is 4.64. The molecule has 0 saturated heterocycles. The highest BCUT2D eigenvalue weighted by Gasteiger charge is 2.03. The smallest absolute Gasteiger partial charge is 0.0652 e. The zero-order valence-electron chi connectivity index (χ0n) is 7.77. The zero-order chi connectivity index (χ0) is 9.84. The predicted molar refractivity (Wildman–Crippen MR) is 59.8 cm³/mol. The van der Waals surface area contributed by atoms with Crippen LogP contribution in [-0.2, 0) is 0 Å². The first-order valence-electron chi connectivity index (χ1n) is 4.35. The molecule has 1 nitrogen and oxygen atoms in total. The summed E-state index contributed by atoms with van der Waals surface area (Å²) >= 11 is 11.8. The van der Waals surface area contributed by atoms with Gasteiger partial charge in [0.2, 0.25) is 0 Å². The molecule has 0 aliphatic heterocycles. The molecule has 13 heavy (non-hydrogen) atoms. The molecule has 1 unspecified atom stereocenters. The Labute approximate surface area is 89.0 Å². The minimum atomic E-state index is 0.429. The van der Waals surface area contributed by atoms with Crippen LogP contribution in [0.2, 0.25) is 10.0 Å². The van der Waals surface area contributed by atoms with Crippen molar-refractivity contribution < 1.29 is 0 Å². The predicted octanol–water partition coefficient (Wildman–Crippen LogP) is 4.20. The average molecular weight is 218 g/mol. The van der Waals surface area contributed by atoms with Gasteiger partial charge in [0, 0.05) is 11.1 Å². The Morgan fingerprint density at radius 3 is 2.62 bits per heavy atom. The molecule has 0 saturated carbocycles. The lowest BCUT2D eigenvalue weighted by Gasteiger charge is -2.14. The second kappa shape index (κ2) is 4.73.